The van der Waals surface area contributed by atoms with E-state index in [9.17, 15) is 17.6 Å². The van der Waals surface area contributed by atoms with Crippen LogP contribution in [-0.4, -0.2) is 48.1 Å². The maximum Gasteiger partial charge on any atom is 0.393 e. The van der Waals surface area contributed by atoms with Crippen LogP contribution in [-0.2, 0) is 13.6 Å². The summed E-state index contributed by atoms with van der Waals surface area (Å²) in [5.74, 6) is -0.973. The summed E-state index contributed by atoms with van der Waals surface area (Å²) in [7, 11) is 1.77. The van der Waals surface area contributed by atoms with Crippen LogP contribution < -0.4 is 21.3 Å². The normalized spacial score (nSPS) is 17.4. The Morgan fingerprint density at radius 3 is 2.65 bits per heavy atom. The van der Waals surface area contributed by atoms with Gasteiger partial charge in [0, 0.05) is 39.3 Å². The Bertz CT molecular complexity index is 1270. The Hall–Kier alpha value is -1.98. The molecule has 202 valence electrons. The van der Waals surface area contributed by atoms with Crippen molar-refractivity contribution in [3.05, 3.63) is 44.9 Å². The zero-order valence-corrected chi connectivity index (χ0v) is 22.2. The second kappa shape index (κ2) is 11.4. The lowest BCUT2D eigenvalue weighted by atomic mass is 9.97. The SMILES string of the molecule is Cn1c(Nc2c(Cl)ccc(CNCC(N)CF)c2Cl)nc2cc(Cl)c(N3CCCC(C(F)(F)F)C3)cc21. The minimum atomic E-state index is -4.25. The van der Waals surface area contributed by atoms with Crippen LogP contribution in [0.1, 0.15) is 18.4 Å². The molecule has 0 amide bonds. The van der Waals surface area contributed by atoms with Gasteiger partial charge in [-0.15, -0.1) is 0 Å². The molecule has 13 heteroatoms. The van der Waals surface area contributed by atoms with Gasteiger partial charge in [0.2, 0.25) is 5.95 Å². The van der Waals surface area contributed by atoms with E-state index in [1.807, 2.05) is 0 Å². The molecule has 0 saturated carbocycles. The minimum Gasteiger partial charge on any atom is -0.370 e. The number of halogens is 7. The van der Waals surface area contributed by atoms with E-state index in [2.05, 4.69) is 15.6 Å². The molecule has 3 aromatic rings. The summed E-state index contributed by atoms with van der Waals surface area (Å²) in [6, 6.07) is 6.24. The number of piperidine rings is 1. The number of hydrogen-bond acceptors (Lipinski definition) is 5. The largest absolute Gasteiger partial charge is 0.393 e. The first-order valence-corrected chi connectivity index (χ1v) is 12.9. The van der Waals surface area contributed by atoms with Crippen molar-refractivity contribution in [3.8, 4) is 0 Å². The lowest BCUT2D eigenvalue weighted by molar-refractivity contribution is -0.175. The zero-order chi connectivity index (χ0) is 26.9. The van der Waals surface area contributed by atoms with Crippen LogP contribution in [0, 0.1) is 5.92 Å². The predicted molar refractivity (Wildman–Crippen MR) is 142 cm³/mol. The van der Waals surface area contributed by atoms with E-state index in [0.717, 1.165) is 5.56 Å². The number of aryl methyl sites for hydroxylation is 1. The smallest absolute Gasteiger partial charge is 0.370 e. The molecule has 0 bridgehead atoms. The second-order valence-corrected chi connectivity index (χ2v) is 10.4. The molecule has 4 rings (SSSR count). The Morgan fingerprint density at radius 2 is 1.95 bits per heavy atom. The molecule has 2 aromatic carbocycles. The Labute approximate surface area is 227 Å². The maximum absolute atomic E-state index is 13.3. The lowest BCUT2D eigenvalue weighted by Gasteiger charge is -2.35. The molecule has 1 aliphatic heterocycles. The maximum atomic E-state index is 13.3. The summed E-state index contributed by atoms with van der Waals surface area (Å²) >= 11 is 19.5. The molecule has 1 aromatic heterocycles. The highest BCUT2D eigenvalue weighted by Gasteiger charge is 2.42. The molecule has 1 fully saturated rings. The Morgan fingerprint density at radius 1 is 1.19 bits per heavy atom. The fourth-order valence-corrected chi connectivity index (χ4v) is 5.23. The van der Waals surface area contributed by atoms with Crippen molar-refractivity contribution in [1.29, 1.82) is 0 Å². The summed E-state index contributed by atoms with van der Waals surface area (Å²) in [5.41, 5.74) is 8.55. The summed E-state index contributed by atoms with van der Waals surface area (Å²) in [6.07, 6.45) is -3.71. The van der Waals surface area contributed by atoms with Crippen molar-refractivity contribution in [1.82, 2.24) is 14.9 Å². The van der Waals surface area contributed by atoms with E-state index in [-0.39, 0.29) is 19.5 Å². The highest BCUT2D eigenvalue weighted by Crippen LogP contribution is 2.40. The highest BCUT2D eigenvalue weighted by atomic mass is 35.5. The zero-order valence-electron chi connectivity index (χ0n) is 20.0. The molecule has 0 aliphatic carbocycles. The van der Waals surface area contributed by atoms with Gasteiger partial charge in [0.1, 0.15) is 6.67 Å². The van der Waals surface area contributed by atoms with Crippen LogP contribution >= 0.6 is 34.8 Å². The van der Waals surface area contributed by atoms with Crippen LogP contribution in [0.5, 0.6) is 0 Å². The van der Waals surface area contributed by atoms with Crippen LogP contribution in [0.15, 0.2) is 24.3 Å². The van der Waals surface area contributed by atoms with E-state index < -0.39 is 24.8 Å². The van der Waals surface area contributed by atoms with Crippen LogP contribution in [0.2, 0.25) is 15.1 Å². The molecule has 2 heterocycles. The van der Waals surface area contributed by atoms with Crippen molar-refractivity contribution in [2.45, 2.75) is 31.6 Å². The van der Waals surface area contributed by atoms with Gasteiger partial charge in [-0.2, -0.15) is 13.2 Å². The van der Waals surface area contributed by atoms with E-state index >= 15 is 0 Å². The van der Waals surface area contributed by atoms with E-state index in [1.54, 1.807) is 40.8 Å². The molecule has 1 aliphatic rings. The van der Waals surface area contributed by atoms with Crippen molar-refractivity contribution >= 4 is 63.2 Å². The van der Waals surface area contributed by atoms with Crippen molar-refractivity contribution < 1.29 is 17.6 Å². The average molecular weight is 582 g/mol. The number of benzene rings is 2. The number of alkyl halides is 4. The van der Waals surface area contributed by atoms with Crippen LogP contribution in [0.4, 0.5) is 34.9 Å². The van der Waals surface area contributed by atoms with Gasteiger partial charge in [-0.05, 0) is 36.6 Å². The third kappa shape index (κ3) is 6.20. The molecular weight excluding hydrogens is 555 g/mol. The van der Waals surface area contributed by atoms with Gasteiger partial charge in [0.15, 0.2) is 0 Å². The molecule has 2 unspecified atom stereocenters. The monoisotopic (exact) mass is 580 g/mol. The molecule has 2 atom stereocenters. The van der Waals surface area contributed by atoms with Crippen molar-refractivity contribution in [2.75, 3.05) is 36.5 Å². The van der Waals surface area contributed by atoms with Gasteiger partial charge in [-0.25, -0.2) is 9.37 Å². The molecule has 0 spiro atoms. The number of nitrogens with zero attached hydrogens (tertiary/aromatic N) is 3. The fourth-order valence-electron chi connectivity index (χ4n) is 4.42. The minimum absolute atomic E-state index is 0.110. The highest BCUT2D eigenvalue weighted by molar-refractivity contribution is 6.39. The van der Waals surface area contributed by atoms with Gasteiger partial charge >= 0.3 is 6.18 Å². The topological polar surface area (TPSA) is 71.1 Å². The number of aromatic nitrogens is 2. The fraction of sp³-hybridized carbons (Fsp3) is 0.458. The molecule has 1 saturated heterocycles. The van der Waals surface area contributed by atoms with Crippen LogP contribution in [0.25, 0.3) is 11.0 Å². The number of hydrogen-bond donors (Lipinski definition) is 3. The molecule has 37 heavy (non-hydrogen) atoms. The summed E-state index contributed by atoms with van der Waals surface area (Å²) < 4.78 is 54.4. The number of nitrogens with one attached hydrogen (secondary N) is 2. The third-order valence-electron chi connectivity index (χ3n) is 6.50. The van der Waals surface area contributed by atoms with Gasteiger partial charge < -0.3 is 25.8 Å². The van der Waals surface area contributed by atoms with Crippen molar-refractivity contribution in [3.63, 3.8) is 0 Å². The standard InChI is InChI=1S/C24H27Cl3F4N6/c1-36-20-8-19(37-6-2-3-14(12-37)24(29,30)31)17(26)7-18(20)34-23(36)35-22-16(25)5-4-13(21(22)27)10-33-11-15(32)9-28/h4-5,7-8,14-15,33H,2-3,6,9-12,32H2,1H3,(H,34,35). The third-order valence-corrected chi connectivity index (χ3v) is 7.55. The predicted octanol–water partition coefficient (Wildman–Crippen LogP) is 6.44. The van der Waals surface area contributed by atoms with Crippen LogP contribution in [0.3, 0.4) is 0 Å². The average Bonchev–Trinajstić information content (AvgIpc) is 3.15. The molecule has 4 N–H and O–H groups in total. The van der Waals surface area contributed by atoms with Gasteiger partial charge in [-0.1, -0.05) is 40.9 Å². The van der Waals surface area contributed by atoms with E-state index in [1.165, 1.54) is 0 Å². The second-order valence-electron chi connectivity index (χ2n) is 9.18. The van der Waals surface area contributed by atoms with Gasteiger partial charge in [-0.3, -0.25) is 0 Å². The first-order chi connectivity index (χ1) is 17.5. The Balaban J connectivity index is 1.60. The summed E-state index contributed by atoms with van der Waals surface area (Å²) in [6.45, 7) is 0.359. The summed E-state index contributed by atoms with van der Waals surface area (Å²) in [5, 5.41) is 7.29. The van der Waals surface area contributed by atoms with Gasteiger partial charge in [0.25, 0.3) is 0 Å². The van der Waals surface area contributed by atoms with Gasteiger partial charge in [0.05, 0.1) is 43.4 Å². The lowest BCUT2D eigenvalue weighted by Crippen LogP contribution is -2.41. The first kappa shape index (κ1) is 28.0. The number of rotatable bonds is 8. The molecule has 0 radical (unpaired) electrons. The number of imidazole rings is 1. The number of fused-ring (bicyclic) bond motifs is 1. The molecular formula is C24H27Cl3F4N6. The molecule has 6 nitrogen and oxygen atoms in total. The Kier molecular flexibility index (Phi) is 8.65. The number of anilines is 3. The summed E-state index contributed by atoms with van der Waals surface area (Å²) in [4.78, 5) is 6.28. The van der Waals surface area contributed by atoms with E-state index in [4.69, 9.17) is 40.5 Å². The first-order valence-electron chi connectivity index (χ1n) is 11.7. The van der Waals surface area contributed by atoms with Crippen molar-refractivity contribution in [2.24, 2.45) is 18.7 Å². The number of nitrogens with two attached hydrogens (primary N) is 1. The van der Waals surface area contributed by atoms with E-state index in [0.29, 0.717) is 62.9 Å². The quantitative estimate of drug-likeness (QED) is 0.267.